The molecule has 0 radical (unpaired) electrons. The van der Waals surface area contributed by atoms with E-state index in [0.717, 1.165) is 23.3 Å². The van der Waals surface area contributed by atoms with Crippen LogP contribution in [0.3, 0.4) is 0 Å². The van der Waals surface area contributed by atoms with E-state index in [-0.39, 0.29) is 12.0 Å². The van der Waals surface area contributed by atoms with Gasteiger partial charge >= 0.3 is 0 Å². The highest BCUT2D eigenvalue weighted by Crippen LogP contribution is 2.44. The normalized spacial score (nSPS) is 18.3. The van der Waals surface area contributed by atoms with Crippen molar-refractivity contribution in [3.8, 4) is 0 Å². The topological polar surface area (TPSA) is 66.4 Å². The molecule has 0 aliphatic heterocycles. The lowest BCUT2D eigenvalue weighted by Crippen LogP contribution is -2.31. The molecule has 1 aromatic heterocycles. The third kappa shape index (κ3) is 2.70. The summed E-state index contributed by atoms with van der Waals surface area (Å²) in [7, 11) is -3.41. The zero-order chi connectivity index (χ0) is 12.7. The first-order valence-corrected chi connectivity index (χ1v) is 7.86. The van der Waals surface area contributed by atoms with Crippen LogP contribution in [0, 0.1) is 19.3 Å². The van der Waals surface area contributed by atoms with Gasteiger partial charge in [0.05, 0.1) is 0 Å². The number of hydrogen-bond donors (Lipinski definition) is 2. The van der Waals surface area contributed by atoms with Gasteiger partial charge in [-0.05, 0) is 38.3 Å². The van der Waals surface area contributed by atoms with Gasteiger partial charge in [-0.1, -0.05) is 0 Å². The summed E-state index contributed by atoms with van der Waals surface area (Å²) in [6.45, 7) is 4.20. The Kier molecular flexibility index (Phi) is 3.33. The Hall–Kier alpha value is -0.430. The highest BCUT2D eigenvalue weighted by atomic mass is 32.2. The first kappa shape index (κ1) is 13.0. The molecule has 2 rings (SSSR count). The lowest BCUT2D eigenvalue weighted by atomic mass is 10.1. The second-order valence-electron chi connectivity index (χ2n) is 4.79. The van der Waals surface area contributed by atoms with E-state index in [0.29, 0.717) is 10.8 Å². The van der Waals surface area contributed by atoms with Gasteiger partial charge < -0.3 is 5.11 Å². The number of aliphatic hydroxyl groups excluding tert-OH is 1. The summed E-state index contributed by atoms with van der Waals surface area (Å²) in [4.78, 5) is 1.02. The van der Waals surface area contributed by atoms with Crippen LogP contribution in [0.2, 0.25) is 0 Å². The maximum Gasteiger partial charge on any atom is 0.250 e. The van der Waals surface area contributed by atoms with E-state index in [1.54, 1.807) is 6.07 Å². The minimum Gasteiger partial charge on any atom is -0.396 e. The predicted molar refractivity (Wildman–Crippen MR) is 67.7 cm³/mol. The number of thiophene rings is 1. The summed E-state index contributed by atoms with van der Waals surface area (Å²) in [6, 6.07) is 1.70. The van der Waals surface area contributed by atoms with Crippen molar-refractivity contribution < 1.29 is 13.5 Å². The van der Waals surface area contributed by atoms with Crippen molar-refractivity contribution in [3.05, 3.63) is 16.5 Å². The van der Waals surface area contributed by atoms with Gasteiger partial charge in [0.25, 0.3) is 0 Å². The number of rotatable bonds is 5. The zero-order valence-corrected chi connectivity index (χ0v) is 11.6. The summed E-state index contributed by atoms with van der Waals surface area (Å²) >= 11 is 1.29. The minimum absolute atomic E-state index is 0.0536. The quantitative estimate of drug-likeness (QED) is 0.854. The Bertz CT molecular complexity index is 495. The fraction of sp³-hybridized carbons (Fsp3) is 0.636. The predicted octanol–water partition coefficient (Wildman–Crippen LogP) is 1.42. The highest BCUT2D eigenvalue weighted by Gasteiger charge is 2.42. The molecule has 1 aromatic rings. The maximum atomic E-state index is 12.0. The molecular formula is C11H17NO3S2. The van der Waals surface area contributed by atoms with Crippen LogP contribution in [0.4, 0.5) is 0 Å². The van der Waals surface area contributed by atoms with Gasteiger partial charge in [-0.25, -0.2) is 13.1 Å². The second kappa shape index (κ2) is 4.35. The molecule has 1 fully saturated rings. The molecule has 96 valence electrons. The lowest BCUT2D eigenvalue weighted by molar-refractivity contribution is 0.213. The molecule has 4 nitrogen and oxygen atoms in total. The highest BCUT2D eigenvalue weighted by molar-refractivity contribution is 7.91. The molecule has 1 heterocycles. The van der Waals surface area contributed by atoms with E-state index in [2.05, 4.69) is 4.72 Å². The Morgan fingerprint density at radius 3 is 2.53 bits per heavy atom. The number of hydrogen-bond acceptors (Lipinski definition) is 4. The largest absolute Gasteiger partial charge is 0.396 e. The lowest BCUT2D eigenvalue weighted by Gasteiger charge is -2.12. The summed E-state index contributed by atoms with van der Waals surface area (Å²) in [5.41, 5.74) is 0.799. The monoisotopic (exact) mass is 275 g/mol. The molecule has 0 atom stereocenters. The fourth-order valence-electron chi connectivity index (χ4n) is 1.56. The molecule has 1 aliphatic carbocycles. The molecule has 0 saturated heterocycles. The number of sulfonamides is 1. The average Bonchev–Trinajstić information content (AvgIpc) is 2.99. The molecule has 2 N–H and O–H groups in total. The third-order valence-corrected chi connectivity index (χ3v) is 6.37. The number of nitrogens with one attached hydrogen (secondary N) is 1. The maximum absolute atomic E-state index is 12.0. The van der Waals surface area contributed by atoms with Gasteiger partial charge in [0.1, 0.15) is 4.21 Å². The first-order chi connectivity index (χ1) is 7.88. The molecule has 0 bridgehead atoms. The van der Waals surface area contributed by atoms with Crippen LogP contribution in [0.25, 0.3) is 0 Å². The molecule has 0 unspecified atom stereocenters. The summed E-state index contributed by atoms with van der Waals surface area (Å²) in [5, 5.41) is 9.14. The molecule has 1 saturated carbocycles. The van der Waals surface area contributed by atoms with E-state index in [1.807, 2.05) is 13.8 Å². The van der Waals surface area contributed by atoms with Crippen molar-refractivity contribution in [1.82, 2.24) is 4.72 Å². The summed E-state index contributed by atoms with van der Waals surface area (Å²) < 4.78 is 27.0. The van der Waals surface area contributed by atoms with Crippen LogP contribution in [0.5, 0.6) is 0 Å². The van der Waals surface area contributed by atoms with Crippen molar-refractivity contribution >= 4 is 21.4 Å². The molecule has 1 aliphatic rings. The Balaban J connectivity index is 2.09. The molecule has 17 heavy (non-hydrogen) atoms. The van der Waals surface area contributed by atoms with Crippen LogP contribution in [-0.4, -0.2) is 26.7 Å². The van der Waals surface area contributed by atoms with Crippen molar-refractivity contribution in [3.63, 3.8) is 0 Å². The van der Waals surface area contributed by atoms with E-state index < -0.39 is 10.0 Å². The van der Waals surface area contributed by atoms with Gasteiger partial charge in [-0.3, -0.25) is 0 Å². The van der Waals surface area contributed by atoms with E-state index in [1.165, 1.54) is 11.3 Å². The Morgan fingerprint density at radius 1 is 1.47 bits per heavy atom. The molecule has 0 amide bonds. The van der Waals surface area contributed by atoms with Crippen LogP contribution >= 0.6 is 11.3 Å². The SMILES string of the molecule is Cc1cc(S(=O)(=O)NCC2(CO)CC2)sc1C. The molecular weight excluding hydrogens is 258 g/mol. The van der Waals surface area contributed by atoms with Gasteiger partial charge in [-0.2, -0.15) is 0 Å². The van der Waals surface area contributed by atoms with Gasteiger partial charge in [0.2, 0.25) is 10.0 Å². The zero-order valence-electron chi connectivity index (χ0n) is 9.99. The summed E-state index contributed by atoms with van der Waals surface area (Å²) in [6.07, 6.45) is 1.79. The smallest absolute Gasteiger partial charge is 0.250 e. The van der Waals surface area contributed by atoms with Crippen LogP contribution < -0.4 is 4.72 Å². The van der Waals surface area contributed by atoms with Crippen LogP contribution in [-0.2, 0) is 10.0 Å². The van der Waals surface area contributed by atoms with Crippen molar-refractivity contribution in [2.75, 3.05) is 13.2 Å². The van der Waals surface area contributed by atoms with E-state index in [4.69, 9.17) is 5.11 Å². The summed E-state index contributed by atoms with van der Waals surface area (Å²) in [5.74, 6) is 0. The van der Waals surface area contributed by atoms with Gasteiger partial charge in [-0.15, -0.1) is 11.3 Å². The molecule has 0 aromatic carbocycles. The van der Waals surface area contributed by atoms with Gasteiger partial charge in [0.15, 0.2) is 0 Å². The average molecular weight is 275 g/mol. The van der Waals surface area contributed by atoms with Crippen molar-refractivity contribution in [1.29, 1.82) is 0 Å². The molecule has 0 spiro atoms. The van der Waals surface area contributed by atoms with E-state index in [9.17, 15) is 8.42 Å². The van der Waals surface area contributed by atoms with Crippen LogP contribution in [0.1, 0.15) is 23.3 Å². The first-order valence-electron chi connectivity index (χ1n) is 5.56. The van der Waals surface area contributed by atoms with Gasteiger partial charge in [0, 0.05) is 23.4 Å². The Labute approximate surface area is 106 Å². The van der Waals surface area contributed by atoms with Crippen molar-refractivity contribution in [2.45, 2.75) is 30.9 Å². The van der Waals surface area contributed by atoms with Crippen molar-refractivity contribution in [2.24, 2.45) is 5.41 Å². The standard InChI is InChI=1S/C11H17NO3S2/c1-8-5-10(16-9(8)2)17(14,15)12-6-11(7-13)3-4-11/h5,12-13H,3-4,6-7H2,1-2H3. The molecule has 6 heteroatoms. The number of aliphatic hydroxyl groups is 1. The second-order valence-corrected chi connectivity index (χ2v) is 8.04. The third-order valence-electron chi connectivity index (χ3n) is 3.34. The fourth-order valence-corrected chi connectivity index (χ4v) is 4.28. The number of aryl methyl sites for hydroxylation is 2. The van der Waals surface area contributed by atoms with Crippen LogP contribution in [0.15, 0.2) is 10.3 Å². The Morgan fingerprint density at radius 2 is 2.12 bits per heavy atom. The van der Waals surface area contributed by atoms with E-state index >= 15 is 0 Å². The minimum atomic E-state index is -3.41.